The fraction of sp³-hybridized carbons (Fsp3) is 0.786. The third-order valence-corrected chi connectivity index (χ3v) is 5.82. The largest absolute Gasteiger partial charge is 0.480 e. The van der Waals surface area contributed by atoms with Crippen LogP contribution in [-0.4, -0.2) is 66.8 Å². The monoisotopic (exact) mass is 348 g/mol. The number of carbonyl (C=O) groups excluding carboxylic acids is 2. The summed E-state index contributed by atoms with van der Waals surface area (Å²) >= 11 is 0. The minimum atomic E-state index is -3.28. The number of hydrogen-bond acceptors (Lipinski definition) is 5. The molecule has 0 radical (unpaired) electrons. The van der Waals surface area contributed by atoms with Gasteiger partial charge in [-0.15, -0.1) is 0 Å². The first-order valence-electron chi connectivity index (χ1n) is 7.65. The lowest BCUT2D eigenvalue weighted by atomic mass is 9.95. The number of rotatable bonds is 7. The normalized spacial score (nSPS) is 17.6. The molecule has 1 rings (SSSR count). The number of carboxylic acid groups (broad SMARTS) is 1. The van der Waals surface area contributed by atoms with E-state index in [1.165, 1.54) is 13.8 Å². The van der Waals surface area contributed by atoms with Gasteiger partial charge in [0.2, 0.25) is 11.8 Å². The predicted molar refractivity (Wildman–Crippen MR) is 83.5 cm³/mol. The minimum Gasteiger partial charge on any atom is -0.480 e. The van der Waals surface area contributed by atoms with Crippen molar-refractivity contribution in [3.8, 4) is 0 Å². The molecule has 0 aromatic carbocycles. The first-order chi connectivity index (χ1) is 10.7. The van der Waals surface area contributed by atoms with Gasteiger partial charge in [0.25, 0.3) is 0 Å². The standard InChI is InChI=1S/C14H24N2O6S/c1-3-23(21,22)9-6-12(14(19)20)15-13(18)11-4-7-16(8-5-11)10(2)17/h11-12H,3-9H2,1-2H3,(H,15,18)(H,19,20). The van der Waals surface area contributed by atoms with Crippen LogP contribution in [0.1, 0.15) is 33.1 Å². The summed E-state index contributed by atoms with van der Waals surface area (Å²) < 4.78 is 22.9. The van der Waals surface area contributed by atoms with Gasteiger partial charge in [-0.05, 0) is 19.3 Å². The fourth-order valence-corrected chi connectivity index (χ4v) is 3.33. The molecule has 1 fully saturated rings. The maximum atomic E-state index is 12.2. The number of carboxylic acids is 1. The van der Waals surface area contributed by atoms with Gasteiger partial charge in [0.05, 0.1) is 5.75 Å². The number of carbonyl (C=O) groups is 3. The van der Waals surface area contributed by atoms with E-state index >= 15 is 0 Å². The van der Waals surface area contributed by atoms with Crippen LogP contribution in [-0.2, 0) is 24.2 Å². The topological polar surface area (TPSA) is 121 Å². The Morgan fingerprint density at radius 3 is 2.26 bits per heavy atom. The molecule has 2 N–H and O–H groups in total. The van der Waals surface area contributed by atoms with Gasteiger partial charge in [0.1, 0.15) is 15.9 Å². The Kier molecular flexibility index (Phi) is 6.99. The molecule has 1 atom stereocenters. The lowest BCUT2D eigenvalue weighted by Crippen LogP contribution is -2.47. The van der Waals surface area contributed by atoms with Gasteiger partial charge in [-0.25, -0.2) is 13.2 Å². The summed E-state index contributed by atoms with van der Waals surface area (Å²) in [5.41, 5.74) is 0. The van der Waals surface area contributed by atoms with Crippen molar-refractivity contribution in [3.05, 3.63) is 0 Å². The number of hydrogen-bond donors (Lipinski definition) is 2. The molecule has 2 amide bonds. The lowest BCUT2D eigenvalue weighted by Gasteiger charge is -2.31. The molecule has 0 aromatic heterocycles. The van der Waals surface area contributed by atoms with Crippen molar-refractivity contribution in [3.63, 3.8) is 0 Å². The zero-order chi connectivity index (χ0) is 17.6. The molecule has 1 aliphatic heterocycles. The van der Waals surface area contributed by atoms with Crippen LogP contribution in [0.4, 0.5) is 0 Å². The third-order valence-electron chi connectivity index (χ3n) is 4.08. The van der Waals surface area contributed by atoms with Crippen LogP contribution in [0.15, 0.2) is 0 Å². The number of nitrogens with zero attached hydrogens (tertiary/aromatic N) is 1. The van der Waals surface area contributed by atoms with E-state index in [9.17, 15) is 22.8 Å². The third kappa shape index (κ3) is 6.17. The molecule has 23 heavy (non-hydrogen) atoms. The van der Waals surface area contributed by atoms with Gasteiger partial charge in [-0.1, -0.05) is 6.92 Å². The van der Waals surface area contributed by atoms with Crippen LogP contribution < -0.4 is 5.32 Å². The zero-order valence-corrected chi connectivity index (χ0v) is 14.3. The molecule has 1 saturated heterocycles. The van der Waals surface area contributed by atoms with E-state index in [4.69, 9.17) is 5.11 Å². The highest BCUT2D eigenvalue weighted by Gasteiger charge is 2.29. The number of aliphatic carboxylic acids is 1. The van der Waals surface area contributed by atoms with E-state index < -0.39 is 27.8 Å². The summed E-state index contributed by atoms with van der Waals surface area (Å²) in [5, 5.41) is 11.6. The van der Waals surface area contributed by atoms with E-state index in [1.54, 1.807) is 4.90 Å². The van der Waals surface area contributed by atoms with Gasteiger partial charge in [0.15, 0.2) is 0 Å². The molecule has 1 aliphatic rings. The van der Waals surface area contributed by atoms with Crippen molar-refractivity contribution in [1.29, 1.82) is 0 Å². The number of amides is 2. The van der Waals surface area contributed by atoms with Crippen LogP contribution in [0, 0.1) is 5.92 Å². The van der Waals surface area contributed by atoms with Crippen LogP contribution >= 0.6 is 0 Å². The second-order valence-corrected chi connectivity index (χ2v) is 8.18. The molecule has 9 heteroatoms. The summed E-state index contributed by atoms with van der Waals surface area (Å²) in [6.45, 7) is 3.90. The van der Waals surface area contributed by atoms with Crippen molar-refractivity contribution in [1.82, 2.24) is 10.2 Å². The summed E-state index contributed by atoms with van der Waals surface area (Å²) in [5.74, 6) is -2.37. The van der Waals surface area contributed by atoms with Crippen molar-refractivity contribution in [2.24, 2.45) is 5.92 Å². The Bertz CT molecular complexity index is 552. The molecule has 0 saturated carbocycles. The smallest absolute Gasteiger partial charge is 0.326 e. The quantitative estimate of drug-likeness (QED) is 0.648. The van der Waals surface area contributed by atoms with Crippen molar-refractivity contribution in [2.75, 3.05) is 24.6 Å². The number of nitrogens with one attached hydrogen (secondary N) is 1. The maximum Gasteiger partial charge on any atom is 0.326 e. The molecular weight excluding hydrogens is 324 g/mol. The zero-order valence-electron chi connectivity index (χ0n) is 13.4. The molecule has 0 aliphatic carbocycles. The SMILES string of the molecule is CCS(=O)(=O)CCC(NC(=O)C1CCN(C(C)=O)CC1)C(=O)O. The van der Waals surface area contributed by atoms with Crippen molar-refractivity contribution < 1.29 is 27.9 Å². The summed E-state index contributed by atoms with van der Waals surface area (Å²) in [7, 11) is -3.28. The predicted octanol–water partition coefficient (Wildman–Crippen LogP) is -0.361. The highest BCUT2D eigenvalue weighted by molar-refractivity contribution is 7.91. The van der Waals surface area contributed by atoms with E-state index in [0.29, 0.717) is 25.9 Å². The highest BCUT2D eigenvalue weighted by Crippen LogP contribution is 2.17. The molecule has 8 nitrogen and oxygen atoms in total. The second kappa shape index (κ2) is 8.28. The summed E-state index contributed by atoms with van der Waals surface area (Å²) in [6.07, 6.45) is 0.805. The Morgan fingerprint density at radius 2 is 1.83 bits per heavy atom. The lowest BCUT2D eigenvalue weighted by molar-refractivity contribution is -0.143. The van der Waals surface area contributed by atoms with Gasteiger partial charge in [-0.3, -0.25) is 9.59 Å². The Hall–Kier alpha value is -1.64. The Balaban J connectivity index is 2.55. The van der Waals surface area contributed by atoms with E-state index in [1.807, 2.05) is 0 Å². The molecular formula is C14H24N2O6S. The van der Waals surface area contributed by atoms with E-state index in [-0.39, 0.29) is 29.8 Å². The number of likely N-dealkylation sites (tertiary alicyclic amines) is 1. The van der Waals surface area contributed by atoms with Gasteiger partial charge < -0.3 is 15.3 Å². The van der Waals surface area contributed by atoms with Gasteiger partial charge in [0, 0.05) is 31.7 Å². The highest BCUT2D eigenvalue weighted by atomic mass is 32.2. The van der Waals surface area contributed by atoms with Crippen LogP contribution in [0.3, 0.4) is 0 Å². The first-order valence-corrected chi connectivity index (χ1v) is 9.47. The van der Waals surface area contributed by atoms with Crippen molar-refractivity contribution in [2.45, 2.75) is 39.2 Å². The molecule has 1 heterocycles. The number of piperidine rings is 1. The Morgan fingerprint density at radius 1 is 1.26 bits per heavy atom. The van der Waals surface area contributed by atoms with Crippen LogP contribution in [0.2, 0.25) is 0 Å². The first kappa shape index (κ1) is 19.4. The Labute approximate surface area is 136 Å². The van der Waals surface area contributed by atoms with Crippen LogP contribution in [0.5, 0.6) is 0 Å². The summed E-state index contributed by atoms with van der Waals surface area (Å²) in [6, 6.07) is -1.21. The van der Waals surface area contributed by atoms with E-state index in [0.717, 1.165) is 0 Å². The molecule has 0 bridgehead atoms. The van der Waals surface area contributed by atoms with E-state index in [2.05, 4.69) is 5.32 Å². The summed E-state index contributed by atoms with van der Waals surface area (Å²) in [4.78, 5) is 36.2. The average molecular weight is 348 g/mol. The molecule has 1 unspecified atom stereocenters. The maximum absolute atomic E-state index is 12.2. The number of sulfone groups is 1. The van der Waals surface area contributed by atoms with Crippen molar-refractivity contribution >= 4 is 27.6 Å². The van der Waals surface area contributed by atoms with Crippen LogP contribution in [0.25, 0.3) is 0 Å². The van der Waals surface area contributed by atoms with Gasteiger partial charge in [-0.2, -0.15) is 0 Å². The fourth-order valence-electron chi connectivity index (χ4n) is 2.45. The molecule has 0 spiro atoms. The molecule has 132 valence electrons. The minimum absolute atomic E-state index is 0.0444. The second-order valence-electron chi connectivity index (χ2n) is 5.70. The molecule has 0 aromatic rings. The van der Waals surface area contributed by atoms with Gasteiger partial charge >= 0.3 is 5.97 Å². The average Bonchev–Trinajstić information content (AvgIpc) is 2.51.